The number of pyridine rings is 1. The first kappa shape index (κ1) is 16.9. The molecule has 5 nitrogen and oxygen atoms in total. The van der Waals surface area contributed by atoms with E-state index in [0.717, 1.165) is 16.5 Å². The van der Waals surface area contributed by atoms with Gasteiger partial charge in [-0.2, -0.15) is 0 Å². The normalized spacial score (nSPS) is 11.9. The van der Waals surface area contributed by atoms with Crippen LogP contribution in [0.2, 0.25) is 5.02 Å². The van der Waals surface area contributed by atoms with E-state index in [-0.39, 0.29) is 6.42 Å². The average molecular weight is 354 g/mol. The second-order valence-corrected chi connectivity index (χ2v) is 6.12. The Bertz CT molecular complexity index is 943. The summed E-state index contributed by atoms with van der Waals surface area (Å²) in [6.45, 7) is 0. The monoisotopic (exact) mass is 353 g/mol. The van der Waals surface area contributed by atoms with E-state index in [1.165, 1.54) is 6.20 Å². The standard InChI is InChI=1S/C19H16ClN3O2/c20-15-6-3-4-12(8-15)9-17(18(21)24)23-19(25)14-10-13-5-1-2-7-16(13)22-11-14/h1-8,10-11,17H,9H2,(H2,21,24)(H,23,25)/t17-/m0/s1. The molecule has 1 aromatic heterocycles. The van der Waals surface area contributed by atoms with Crippen LogP contribution in [-0.4, -0.2) is 22.8 Å². The predicted molar refractivity (Wildman–Crippen MR) is 97.3 cm³/mol. The minimum Gasteiger partial charge on any atom is -0.368 e. The molecular weight excluding hydrogens is 338 g/mol. The molecule has 3 N–H and O–H groups in total. The Balaban J connectivity index is 1.78. The van der Waals surface area contributed by atoms with Gasteiger partial charge in [0.2, 0.25) is 5.91 Å². The van der Waals surface area contributed by atoms with E-state index in [4.69, 9.17) is 17.3 Å². The van der Waals surface area contributed by atoms with Crippen molar-refractivity contribution in [3.63, 3.8) is 0 Å². The summed E-state index contributed by atoms with van der Waals surface area (Å²) < 4.78 is 0. The summed E-state index contributed by atoms with van der Waals surface area (Å²) in [5.41, 5.74) is 7.42. The molecule has 0 saturated heterocycles. The molecular formula is C19H16ClN3O2. The van der Waals surface area contributed by atoms with Crippen LogP contribution in [0, 0.1) is 0 Å². The molecule has 25 heavy (non-hydrogen) atoms. The lowest BCUT2D eigenvalue weighted by Crippen LogP contribution is -2.45. The number of rotatable bonds is 5. The van der Waals surface area contributed by atoms with E-state index in [9.17, 15) is 9.59 Å². The van der Waals surface area contributed by atoms with Crippen LogP contribution >= 0.6 is 11.6 Å². The van der Waals surface area contributed by atoms with Crippen LogP contribution in [0.25, 0.3) is 10.9 Å². The lowest BCUT2D eigenvalue weighted by atomic mass is 10.0. The van der Waals surface area contributed by atoms with Crippen molar-refractivity contribution < 1.29 is 9.59 Å². The lowest BCUT2D eigenvalue weighted by molar-refractivity contribution is -0.119. The third-order valence-corrected chi connectivity index (χ3v) is 4.07. The fraction of sp³-hybridized carbons (Fsp3) is 0.105. The average Bonchev–Trinajstić information content (AvgIpc) is 2.60. The van der Waals surface area contributed by atoms with Crippen LogP contribution in [0.4, 0.5) is 0 Å². The number of primary amides is 1. The Morgan fingerprint density at radius 1 is 1.12 bits per heavy atom. The number of fused-ring (bicyclic) bond motifs is 1. The highest BCUT2D eigenvalue weighted by Crippen LogP contribution is 2.14. The van der Waals surface area contributed by atoms with Crippen molar-refractivity contribution in [2.24, 2.45) is 5.73 Å². The molecule has 0 bridgehead atoms. The molecule has 0 spiro atoms. The summed E-state index contributed by atoms with van der Waals surface area (Å²) in [6, 6.07) is 15.5. The van der Waals surface area contributed by atoms with Crippen molar-refractivity contribution in [2.75, 3.05) is 0 Å². The van der Waals surface area contributed by atoms with Gasteiger partial charge in [-0.3, -0.25) is 14.6 Å². The third kappa shape index (κ3) is 4.14. The molecule has 1 atom stereocenters. The third-order valence-electron chi connectivity index (χ3n) is 3.83. The maximum atomic E-state index is 12.5. The van der Waals surface area contributed by atoms with Gasteiger partial charge in [0.05, 0.1) is 11.1 Å². The maximum Gasteiger partial charge on any atom is 0.253 e. The number of nitrogens with one attached hydrogen (secondary N) is 1. The van der Waals surface area contributed by atoms with Crippen LogP contribution in [-0.2, 0) is 11.2 Å². The van der Waals surface area contributed by atoms with Crippen molar-refractivity contribution in [3.05, 3.63) is 76.9 Å². The number of carbonyl (C=O) groups is 2. The molecule has 1 heterocycles. The minimum absolute atomic E-state index is 0.267. The van der Waals surface area contributed by atoms with Crippen molar-refractivity contribution in [1.82, 2.24) is 10.3 Å². The lowest BCUT2D eigenvalue weighted by Gasteiger charge is -2.16. The molecule has 2 amide bonds. The van der Waals surface area contributed by atoms with E-state index < -0.39 is 17.9 Å². The van der Waals surface area contributed by atoms with Crippen molar-refractivity contribution in [2.45, 2.75) is 12.5 Å². The highest BCUT2D eigenvalue weighted by Gasteiger charge is 2.20. The fourth-order valence-electron chi connectivity index (χ4n) is 2.56. The number of halogens is 1. The van der Waals surface area contributed by atoms with E-state index in [1.54, 1.807) is 24.3 Å². The van der Waals surface area contributed by atoms with Crippen LogP contribution in [0.5, 0.6) is 0 Å². The Morgan fingerprint density at radius 2 is 1.92 bits per heavy atom. The number of para-hydroxylation sites is 1. The molecule has 0 aliphatic heterocycles. The van der Waals surface area contributed by atoms with E-state index in [0.29, 0.717) is 10.6 Å². The maximum absolute atomic E-state index is 12.5. The van der Waals surface area contributed by atoms with Gasteiger partial charge in [-0.1, -0.05) is 41.9 Å². The van der Waals surface area contributed by atoms with Gasteiger partial charge in [0.25, 0.3) is 5.91 Å². The van der Waals surface area contributed by atoms with E-state index in [1.807, 2.05) is 30.3 Å². The van der Waals surface area contributed by atoms with Crippen molar-refractivity contribution >= 4 is 34.3 Å². The van der Waals surface area contributed by atoms with Crippen LogP contribution < -0.4 is 11.1 Å². The predicted octanol–water partition coefficient (Wildman–Crippen LogP) is 2.71. The van der Waals surface area contributed by atoms with E-state index >= 15 is 0 Å². The summed E-state index contributed by atoms with van der Waals surface area (Å²) in [5, 5.41) is 4.08. The molecule has 0 saturated carbocycles. The first-order chi connectivity index (χ1) is 12.0. The molecule has 126 valence electrons. The molecule has 0 aliphatic carbocycles. The molecule has 0 aliphatic rings. The van der Waals surface area contributed by atoms with Gasteiger partial charge in [0.15, 0.2) is 0 Å². The number of hydrogen-bond acceptors (Lipinski definition) is 3. The second-order valence-electron chi connectivity index (χ2n) is 5.68. The van der Waals surface area contributed by atoms with Gasteiger partial charge < -0.3 is 11.1 Å². The van der Waals surface area contributed by atoms with Crippen LogP contribution in [0.1, 0.15) is 15.9 Å². The summed E-state index contributed by atoms with van der Waals surface area (Å²) in [7, 11) is 0. The van der Waals surface area contributed by atoms with Gasteiger partial charge in [-0.25, -0.2) is 0 Å². The topological polar surface area (TPSA) is 85.1 Å². The van der Waals surface area contributed by atoms with Gasteiger partial charge in [-0.05, 0) is 29.8 Å². The molecule has 0 radical (unpaired) electrons. The SMILES string of the molecule is NC(=O)[C@H](Cc1cccc(Cl)c1)NC(=O)c1cnc2ccccc2c1. The molecule has 3 aromatic rings. The summed E-state index contributed by atoms with van der Waals surface area (Å²) in [5.74, 6) is -1.01. The van der Waals surface area contributed by atoms with Gasteiger partial charge >= 0.3 is 0 Å². The smallest absolute Gasteiger partial charge is 0.253 e. The zero-order chi connectivity index (χ0) is 17.8. The largest absolute Gasteiger partial charge is 0.368 e. The Labute approximate surface area is 149 Å². The molecule has 2 aromatic carbocycles. The number of carbonyl (C=O) groups excluding carboxylic acids is 2. The van der Waals surface area contributed by atoms with Gasteiger partial charge in [0.1, 0.15) is 6.04 Å². The number of nitrogens with zero attached hydrogens (tertiary/aromatic N) is 1. The Hall–Kier alpha value is -2.92. The number of aromatic nitrogens is 1. The molecule has 0 unspecified atom stereocenters. The fourth-order valence-corrected chi connectivity index (χ4v) is 2.77. The number of amides is 2. The minimum atomic E-state index is -0.836. The van der Waals surface area contributed by atoms with Gasteiger partial charge in [-0.15, -0.1) is 0 Å². The molecule has 0 fully saturated rings. The summed E-state index contributed by atoms with van der Waals surface area (Å²) in [6.07, 6.45) is 1.75. The molecule has 6 heteroatoms. The Morgan fingerprint density at radius 3 is 2.68 bits per heavy atom. The first-order valence-corrected chi connectivity index (χ1v) is 8.10. The molecule has 3 rings (SSSR count). The number of hydrogen-bond donors (Lipinski definition) is 2. The van der Waals surface area contributed by atoms with Crippen molar-refractivity contribution in [1.29, 1.82) is 0 Å². The second kappa shape index (κ2) is 7.32. The first-order valence-electron chi connectivity index (χ1n) is 7.72. The summed E-state index contributed by atoms with van der Waals surface area (Å²) >= 11 is 5.95. The number of nitrogens with two attached hydrogens (primary N) is 1. The zero-order valence-electron chi connectivity index (χ0n) is 13.3. The highest BCUT2D eigenvalue weighted by molar-refractivity contribution is 6.30. The number of benzene rings is 2. The highest BCUT2D eigenvalue weighted by atomic mass is 35.5. The summed E-state index contributed by atoms with van der Waals surface area (Å²) in [4.78, 5) is 28.5. The zero-order valence-corrected chi connectivity index (χ0v) is 14.0. The quantitative estimate of drug-likeness (QED) is 0.739. The Kier molecular flexibility index (Phi) is 4.95. The van der Waals surface area contributed by atoms with Crippen molar-refractivity contribution in [3.8, 4) is 0 Å². The van der Waals surface area contributed by atoms with Gasteiger partial charge in [0, 0.05) is 23.0 Å². The van der Waals surface area contributed by atoms with E-state index in [2.05, 4.69) is 10.3 Å². The van der Waals surface area contributed by atoms with Crippen LogP contribution in [0.15, 0.2) is 60.8 Å². The van der Waals surface area contributed by atoms with Crippen LogP contribution in [0.3, 0.4) is 0 Å².